The van der Waals surface area contributed by atoms with Crippen LogP contribution >= 0.6 is 0 Å². The van der Waals surface area contributed by atoms with Crippen molar-refractivity contribution in [3.05, 3.63) is 0 Å². The Balaban J connectivity index is 2.37. The third kappa shape index (κ3) is 0.703. The molecule has 1 aliphatic carbocycles. The molecule has 0 heterocycles. The summed E-state index contributed by atoms with van der Waals surface area (Å²) in [6, 6.07) is 0. The molecule has 1 aliphatic rings. The van der Waals surface area contributed by atoms with E-state index in [0.29, 0.717) is 5.92 Å². The van der Waals surface area contributed by atoms with Crippen LogP contribution in [0.5, 0.6) is 0 Å². The number of aliphatic carboxylic acids is 1. The second kappa shape index (κ2) is 1.77. The van der Waals surface area contributed by atoms with E-state index in [4.69, 9.17) is 5.11 Å². The summed E-state index contributed by atoms with van der Waals surface area (Å²) in [4.78, 5) is 10.2. The van der Waals surface area contributed by atoms with Crippen LogP contribution in [0, 0.1) is 11.8 Å². The van der Waals surface area contributed by atoms with Crippen molar-refractivity contribution >= 4 is 5.97 Å². The highest BCUT2D eigenvalue weighted by atomic mass is 16.4. The fourth-order valence-electron chi connectivity index (χ4n) is 1.03. The third-order valence-corrected chi connectivity index (χ3v) is 1.94. The minimum Gasteiger partial charge on any atom is -0.481 e. The highest BCUT2D eigenvalue weighted by Gasteiger charge is 2.32. The molecule has 0 radical (unpaired) electrons. The molecule has 0 amide bonds. The first kappa shape index (κ1) is 5.60. The van der Waals surface area contributed by atoms with Crippen molar-refractivity contribution in [2.45, 2.75) is 19.8 Å². The molecule has 8 heavy (non-hydrogen) atoms. The molecule has 0 aliphatic heterocycles. The van der Waals surface area contributed by atoms with Gasteiger partial charge in [-0.25, -0.2) is 0 Å². The maximum absolute atomic E-state index is 10.2. The standard InChI is InChI=1S/C6H10O2/c1-4-2-3-5(4)6(7)8/h4-5H,2-3H2,1H3,(H,7,8). The number of carboxylic acid groups (broad SMARTS) is 1. The molecule has 0 bridgehead atoms. The fraction of sp³-hybridized carbons (Fsp3) is 0.833. The molecule has 1 N–H and O–H groups in total. The maximum atomic E-state index is 10.2. The Bertz CT molecular complexity index is 109. The van der Waals surface area contributed by atoms with Crippen LogP contribution < -0.4 is 0 Å². The van der Waals surface area contributed by atoms with Gasteiger partial charge in [-0.05, 0) is 18.8 Å². The van der Waals surface area contributed by atoms with Crippen LogP contribution in [-0.4, -0.2) is 11.1 Å². The highest BCUT2D eigenvalue weighted by molar-refractivity contribution is 5.71. The van der Waals surface area contributed by atoms with Crippen LogP contribution in [0.2, 0.25) is 0 Å². The van der Waals surface area contributed by atoms with Gasteiger partial charge in [0, 0.05) is 0 Å². The van der Waals surface area contributed by atoms with Crippen LogP contribution in [0.15, 0.2) is 0 Å². The number of rotatable bonds is 1. The molecule has 1 rings (SSSR count). The molecule has 2 heteroatoms. The van der Waals surface area contributed by atoms with Crippen molar-refractivity contribution in [3.8, 4) is 0 Å². The molecule has 2 nitrogen and oxygen atoms in total. The summed E-state index contributed by atoms with van der Waals surface area (Å²) >= 11 is 0. The van der Waals surface area contributed by atoms with Gasteiger partial charge in [-0.1, -0.05) is 6.92 Å². The Kier molecular flexibility index (Phi) is 1.24. The van der Waals surface area contributed by atoms with Crippen molar-refractivity contribution in [2.24, 2.45) is 11.8 Å². The van der Waals surface area contributed by atoms with E-state index in [9.17, 15) is 4.79 Å². The molecule has 2 atom stereocenters. The molecule has 46 valence electrons. The van der Waals surface area contributed by atoms with E-state index in [2.05, 4.69) is 0 Å². The smallest absolute Gasteiger partial charge is 0.306 e. The Hall–Kier alpha value is -0.530. The van der Waals surface area contributed by atoms with Crippen molar-refractivity contribution in [1.29, 1.82) is 0 Å². The molecular weight excluding hydrogens is 104 g/mol. The second-order valence-electron chi connectivity index (χ2n) is 2.50. The van der Waals surface area contributed by atoms with Gasteiger partial charge in [-0.15, -0.1) is 0 Å². The van der Waals surface area contributed by atoms with Gasteiger partial charge in [0.25, 0.3) is 0 Å². The minimum atomic E-state index is -0.622. The van der Waals surface area contributed by atoms with Gasteiger partial charge < -0.3 is 5.11 Å². The van der Waals surface area contributed by atoms with Gasteiger partial charge in [0.1, 0.15) is 0 Å². The maximum Gasteiger partial charge on any atom is 0.306 e. The number of carboxylic acids is 1. The van der Waals surface area contributed by atoms with Crippen LogP contribution in [0.3, 0.4) is 0 Å². The summed E-state index contributed by atoms with van der Waals surface area (Å²) in [6.45, 7) is 1.99. The van der Waals surface area contributed by atoms with Crippen LogP contribution in [0.1, 0.15) is 19.8 Å². The first-order valence-electron chi connectivity index (χ1n) is 2.94. The lowest BCUT2D eigenvalue weighted by molar-refractivity contribution is -0.147. The SMILES string of the molecule is CC1CCC1C(=O)O. The predicted octanol–water partition coefficient (Wildman–Crippen LogP) is 1.12. The van der Waals surface area contributed by atoms with Gasteiger partial charge in [0.05, 0.1) is 5.92 Å². The lowest BCUT2D eigenvalue weighted by Crippen LogP contribution is -2.30. The van der Waals surface area contributed by atoms with E-state index in [1.807, 2.05) is 6.92 Å². The summed E-state index contributed by atoms with van der Waals surface area (Å²) in [5.74, 6) is -0.230. The molecule has 2 unspecified atom stereocenters. The van der Waals surface area contributed by atoms with Gasteiger partial charge in [-0.3, -0.25) is 4.79 Å². The largest absolute Gasteiger partial charge is 0.481 e. The van der Waals surface area contributed by atoms with E-state index in [1.165, 1.54) is 0 Å². The van der Waals surface area contributed by atoms with Gasteiger partial charge in [0.15, 0.2) is 0 Å². The Labute approximate surface area is 48.5 Å². The second-order valence-corrected chi connectivity index (χ2v) is 2.50. The monoisotopic (exact) mass is 114 g/mol. The van der Waals surface area contributed by atoms with Gasteiger partial charge >= 0.3 is 5.97 Å². The van der Waals surface area contributed by atoms with Crippen molar-refractivity contribution in [1.82, 2.24) is 0 Å². The van der Waals surface area contributed by atoms with E-state index >= 15 is 0 Å². The van der Waals surface area contributed by atoms with Crippen LogP contribution in [0.25, 0.3) is 0 Å². The molecule has 0 saturated heterocycles. The third-order valence-electron chi connectivity index (χ3n) is 1.94. The summed E-state index contributed by atoms with van der Waals surface area (Å²) in [5.41, 5.74) is 0. The fourth-order valence-corrected chi connectivity index (χ4v) is 1.03. The van der Waals surface area contributed by atoms with Crippen molar-refractivity contribution in [2.75, 3.05) is 0 Å². The zero-order valence-electron chi connectivity index (χ0n) is 4.92. The number of hydrogen-bond acceptors (Lipinski definition) is 1. The lowest BCUT2D eigenvalue weighted by atomic mass is 9.75. The molecule has 1 fully saturated rings. The highest BCUT2D eigenvalue weighted by Crippen LogP contribution is 2.33. The Morgan fingerprint density at radius 3 is 2.25 bits per heavy atom. The quantitative estimate of drug-likeness (QED) is 0.554. The van der Waals surface area contributed by atoms with Crippen molar-refractivity contribution < 1.29 is 9.90 Å². The van der Waals surface area contributed by atoms with Gasteiger partial charge in [-0.2, -0.15) is 0 Å². The summed E-state index contributed by atoms with van der Waals surface area (Å²) in [5, 5.41) is 8.40. The first-order chi connectivity index (χ1) is 3.72. The van der Waals surface area contributed by atoms with E-state index < -0.39 is 5.97 Å². The van der Waals surface area contributed by atoms with E-state index in [-0.39, 0.29) is 5.92 Å². The molecular formula is C6H10O2. The summed E-state index contributed by atoms with van der Waals surface area (Å²) < 4.78 is 0. The number of carbonyl (C=O) groups is 1. The van der Waals surface area contributed by atoms with E-state index in [0.717, 1.165) is 12.8 Å². The predicted molar refractivity (Wildman–Crippen MR) is 29.5 cm³/mol. The zero-order chi connectivity index (χ0) is 6.15. The average Bonchev–Trinajstić information content (AvgIpc) is 1.61. The summed E-state index contributed by atoms with van der Waals surface area (Å²) in [6.07, 6.45) is 1.98. The summed E-state index contributed by atoms with van der Waals surface area (Å²) in [7, 11) is 0. The molecule has 0 aromatic rings. The molecule has 0 aromatic carbocycles. The zero-order valence-corrected chi connectivity index (χ0v) is 4.92. The molecule has 1 saturated carbocycles. The number of hydrogen-bond donors (Lipinski definition) is 1. The van der Waals surface area contributed by atoms with E-state index in [1.54, 1.807) is 0 Å². The Morgan fingerprint density at radius 2 is 2.25 bits per heavy atom. The molecule has 0 spiro atoms. The van der Waals surface area contributed by atoms with Gasteiger partial charge in [0.2, 0.25) is 0 Å². The minimum absolute atomic E-state index is 0.0324. The van der Waals surface area contributed by atoms with Crippen LogP contribution in [-0.2, 0) is 4.79 Å². The average molecular weight is 114 g/mol. The first-order valence-corrected chi connectivity index (χ1v) is 2.94. The van der Waals surface area contributed by atoms with Crippen LogP contribution in [0.4, 0.5) is 0 Å². The topological polar surface area (TPSA) is 37.3 Å². The Morgan fingerprint density at radius 1 is 1.62 bits per heavy atom. The normalized spacial score (nSPS) is 36.1. The molecule has 0 aromatic heterocycles. The lowest BCUT2D eigenvalue weighted by Gasteiger charge is -2.29. The van der Waals surface area contributed by atoms with Crippen molar-refractivity contribution in [3.63, 3.8) is 0 Å².